The number of rotatable bonds is 5. The Balaban J connectivity index is 1.11. The minimum absolute atomic E-state index is 0.0209. The van der Waals surface area contributed by atoms with Crippen LogP contribution in [0.4, 0.5) is 34.1 Å². The number of nitrogens with zero attached hydrogens (tertiary/aromatic N) is 5. The maximum absolute atomic E-state index is 14.6. The molecule has 0 saturated heterocycles. The molecule has 0 unspecified atom stereocenters. The standard InChI is InChI=1S/C92H90BN5O2/c1-87(2,3)55-35-41-78-70(49-55)71-50-56(88(4,5)6)36-42-79(71)96(78)65-53-82-84-83(54-65)98(64-47-59(91(13,14)15)44-60(48-64)92(16,17)18)81-52-62(95-76-33-25-21-29-68(76)86(100)69-30-22-26-34-77(69)95)38-40-73(81)93(84)72-39-37-61(94-74-31-23-19-27-66(74)85(99)67-28-20-24-32-75(67)94)51-80(72)97(82)63-45-57(89(7,8)9)43-58(46-63)90(10,11)12/h19-54H,1-18H3. The summed E-state index contributed by atoms with van der Waals surface area (Å²) >= 11 is 0. The van der Waals surface area contributed by atoms with Gasteiger partial charge in [-0.05, 0) is 216 Å². The summed E-state index contributed by atoms with van der Waals surface area (Å²) in [5.41, 5.74) is 25.1. The van der Waals surface area contributed by atoms with Crippen LogP contribution < -0.4 is 37.0 Å². The van der Waals surface area contributed by atoms with Crippen LogP contribution in [-0.2, 0) is 32.5 Å². The molecule has 3 aromatic heterocycles. The van der Waals surface area contributed by atoms with Crippen LogP contribution in [-0.4, -0.2) is 20.4 Å². The summed E-state index contributed by atoms with van der Waals surface area (Å²) in [7, 11) is 0. The largest absolute Gasteiger partial charge is 0.311 e. The van der Waals surface area contributed by atoms with E-state index >= 15 is 0 Å². The van der Waals surface area contributed by atoms with Crippen molar-refractivity contribution in [2.45, 2.75) is 157 Å². The second kappa shape index (κ2) is 22.2. The maximum Gasteiger partial charge on any atom is 0.252 e. The van der Waals surface area contributed by atoms with Crippen LogP contribution in [0, 0.1) is 0 Å². The van der Waals surface area contributed by atoms with E-state index in [1.807, 2.05) is 72.8 Å². The van der Waals surface area contributed by atoms with Crippen molar-refractivity contribution < 1.29 is 0 Å². The quantitative estimate of drug-likeness (QED) is 0.127. The summed E-state index contributed by atoms with van der Waals surface area (Å²) in [5, 5.41) is 5.12. The van der Waals surface area contributed by atoms with Crippen molar-refractivity contribution >= 4 is 123 Å². The summed E-state index contributed by atoms with van der Waals surface area (Å²) < 4.78 is 7.17. The van der Waals surface area contributed by atoms with Crippen LogP contribution in [0.15, 0.2) is 228 Å². The van der Waals surface area contributed by atoms with Crippen LogP contribution in [0.25, 0.3) is 82.5 Å². The SMILES string of the molecule is CC(C)(C)c1cc(N2c3cc(-n4c5ccccc5c(=O)c5ccccc54)ccc3B3c4ccc(-n5c6ccccc6c(=O)c6ccccc65)cc4N(c4cc(C(C)(C)C)cc(C(C)(C)C)c4)c4cc(-n5c6ccc(C(C)(C)C)cc6c6cc(C(C)(C)C)ccc65)cc2c43)cc(C(C)(C)C)c1. The maximum atomic E-state index is 14.6. The molecule has 0 aliphatic carbocycles. The van der Waals surface area contributed by atoms with Crippen molar-refractivity contribution in [1.29, 1.82) is 0 Å². The predicted molar refractivity (Wildman–Crippen MR) is 428 cm³/mol. The fourth-order valence-corrected chi connectivity index (χ4v) is 15.9. The van der Waals surface area contributed by atoms with Crippen LogP contribution in [0.5, 0.6) is 0 Å². The lowest BCUT2D eigenvalue weighted by atomic mass is 9.33. The molecule has 0 spiro atoms. The first kappa shape index (κ1) is 64.5. The zero-order chi connectivity index (χ0) is 70.4. The van der Waals surface area contributed by atoms with E-state index in [1.54, 1.807) is 0 Å². The molecule has 0 atom stereocenters. The van der Waals surface area contributed by atoms with E-state index in [4.69, 9.17) is 0 Å². The lowest BCUT2D eigenvalue weighted by molar-refractivity contribution is 0.568. The molecule has 498 valence electrons. The number of para-hydroxylation sites is 4. The van der Waals surface area contributed by atoms with Crippen molar-refractivity contribution in [3.8, 4) is 17.1 Å². The first-order valence-electron chi connectivity index (χ1n) is 35.8. The number of hydrogen-bond acceptors (Lipinski definition) is 4. The Bertz CT molecular complexity index is 5390. The minimum atomic E-state index is -0.299. The van der Waals surface area contributed by atoms with Gasteiger partial charge < -0.3 is 23.5 Å². The van der Waals surface area contributed by atoms with Gasteiger partial charge in [-0.2, -0.15) is 0 Å². The number of benzene rings is 11. The summed E-state index contributed by atoms with van der Waals surface area (Å²) in [4.78, 5) is 34.5. The van der Waals surface area contributed by atoms with Gasteiger partial charge in [0.2, 0.25) is 0 Å². The van der Waals surface area contributed by atoms with Gasteiger partial charge in [0, 0.05) is 77.8 Å². The number of pyridine rings is 2. The van der Waals surface area contributed by atoms with E-state index < -0.39 is 0 Å². The summed E-state index contributed by atoms with van der Waals surface area (Å²) in [6, 6.07) is 80.7. The van der Waals surface area contributed by atoms with Gasteiger partial charge in [0.25, 0.3) is 6.71 Å². The Kier molecular flexibility index (Phi) is 14.3. The van der Waals surface area contributed by atoms with Crippen LogP contribution in [0.2, 0.25) is 0 Å². The molecule has 0 fully saturated rings. The third-order valence-electron chi connectivity index (χ3n) is 21.7. The molecule has 0 bridgehead atoms. The number of hydrogen-bond donors (Lipinski definition) is 0. The molecular formula is C92H90BN5O2. The van der Waals surface area contributed by atoms with E-state index in [9.17, 15) is 9.59 Å². The summed E-state index contributed by atoms with van der Waals surface area (Å²) in [5.74, 6) is 0. The zero-order valence-corrected chi connectivity index (χ0v) is 61.4. The minimum Gasteiger partial charge on any atom is -0.311 e. The molecule has 14 aromatic rings. The molecule has 2 aliphatic heterocycles. The Hall–Kier alpha value is -10.2. The van der Waals surface area contributed by atoms with Gasteiger partial charge in [0.05, 0.1) is 38.8 Å². The van der Waals surface area contributed by atoms with Crippen molar-refractivity contribution in [1.82, 2.24) is 13.7 Å². The zero-order valence-electron chi connectivity index (χ0n) is 61.4. The average molecular weight is 1310 g/mol. The van der Waals surface area contributed by atoms with Crippen LogP contribution >= 0.6 is 0 Å². The molecule has 0 saturated carbocycles. The van der Waals surface area contributed by atoms with Crippen LogP contribution in [0.3, 0.4) is 0 Å². The Labute approximate surface area is 589 Å². The lowest BCUT2D eigenvalue weighted by Crippen LogP contribution is -2.61. The first-order chi connectivity index (χ1) is 47.2. The van der Waals surface area contributed by atoms with Crippen molar-refractivity contribution in [3.05, 3.63) is 272 Å². The van der Waals surface area contributed by atoms with Crippen molar-refractivity contribution in [2.75, 3.05) is 9.80 Å². The molecule has 0 N–H and O–H groups in total. The van der Waals surface area contributed by atoms with Crippen molar-refractivity contribution in [2.24, 2.45) is 0 Å². The second-order valence-electron chi connectivity index (χ2n) is 34.7. The topological polar surface area (TPSA) is 55.4 Å². The highest BCUT2D eigenvalue weighted by Gasteiger charge is 2.45. The Morgan fingerprint density at radius 1 is 0.240 bits per heavy atom. The highest BCUT2D eigenvalue weighted by Crippen LogP contribution is 2.50. The molecule has 7 nitrogen and oxygen atoms in total. The first-order valence-corrected chi connectivity index (χ1v) is 35.8. The van der Waals surface area contributed by atoms with E-state index in [-0.39, 0.29) is 50.1 Å². The Morgan fingerprint density at radius 3 is 0.830 bits per heavy atom. The summed E-state index contributed by atoms with van der Waals surface area (Å²) in [6.45, 7) is 41.7. The van der Waals surface area contributed by atoms with E-state index in [1.165, 1.54) is 49.6 Å². The number of aromatic nitrogens is 3. The van der Waals surface area contributed by atoms with Gasteiger partial charge in [-0.25, -0.2) is 0 Å². The summed E-state index contributed by atoms with van der Waals surface area (Å²) in [6.07, 6.45) is 0. The van der Waals surface area contributed by atoms with E-state index in [0.717, 1.165) is 95.2 Å². The lowest BCUT2D eigenvalue weighted by Gasteiger charge is -2.45. The normalized spacial score (nSPS) is 13.7. The highest BCUT2D eigenvalue weighted by molar-refractivity contribution is 7.00. The van der Waals surface area contributed by atoms with Gasteiger partial charge in [-0.3, -0.25) is 9.59 Å². The highest BCUT2D eigenvalue weighted by atomic mass is 16.1. The molecule has 100 heavy (non-hydrogen) atoms. The van der Waals surface area contributed by atoms with Gasteiger partial charge in [-0.1, -0.05) is 210 Å². The van der Waals surface area contributed by atoms with Crippen molar-refractivity contribution in [3.63, 3.8) is 0 Å². The third kappa shape index (κ3) is 10.3. The Morgan fingerprint density at radius 2 is 0.520 bits per heavy atom. The third-order valence-corrected chi connectivity index (χ3v) is 21.7. The molecule has 11 aromatic carbocycles. The number of anilines is 6. The monoisotopic (exact) mass is 1310 g/mol. The smallest absolute Gasteiger partial charge is 0.252 e. The van der Waals surface area contributed by atoms with Gasteiger partial charge in [-0.15, -0.1) is 0 Å². The molecule has 5 heterocycles. The van der Waals surface area contributed by atoms with E-state index in [2.05, 4.69) is 294 Å². The average Bonchev–Trinajstić information content (AvgIpc) is 0.855. The van der Waals surface area contributed by atoms with Gasteiger partial charge in [0.1, 0.15) is 0 Å². The fourth-order valence-electron chi connectivity index (χ4n) is 15.9. The molecule has 2 aliphatic rings. The molecule has 16 rings (SSSR count). The molecular weight excluding hydrogens is 1220 g/mol. The fraction of sp³-hybridized carbons (Fsp3) is 0.261. The van der Waals surface area contributed by atoms with Crippen LogP contribution in [0.1, 0.15) is 158 Å². The molecule has 0 amide bonds. The second-order valence-corrected chi connectivity index (χ2v) is 34.7. The number of fused-ring (bicyclic) bond motifs is 11. The molecule has 8 heteroatoms. The van der Waals surface area contributed by atoms with E-state index in [0.29, 0.717) is 21.5 Å². The molecule has 0 radical (unpaired) electrons. The van der Waals surface area contributed by atoms with Gasteiger partial charge in [0.15, 0.2) is 10.9 Å². The van der Waals surface area contributed by atoms with Gasteiger partial charge >= 0.3 is 0 Å². The predicted octanol–water partition coefficient (Wildman–Crippen LogP) is 21.6.